The number of halogens is 3. The van der Waals surface area contributed by atoms with Crippen LogP contribution in [0.4, 0.5) is 24.7 Å². The third-order valence-corrected chi connectivity index (χ3v) is 5.42. The highest BCUT2D eigenvalue weighted by Gasteiger charge is 2.31. The second kappa shape index (κ2) is 8.86. The topological polar surface area (TPSA) is 95.2 Å². The molecule has 0 saturated heterocycles. The molecule has 1 aliphatic heterocycles. The van der Waals surface area contributed by atoms with Crippen molar-refractivity contribution >= 4 is 28.1 Å². The van der Waals surface area contributed by atoms with Crippen LogP contribution in [0.2, 0.25) is 0 Å². The van der Waals surface area contributed by atoms with E-state index in [2.05, 4.69) is 20.3 Å². The largest absolute Gasteiger partial charge is 0.481 e. The smallest absolute Gasteiger partial charge is 0.416 e. The zero-order valence-corrected chi connectivity index (χ0v) is 18.5. The molecule has 7 nitrogen and oxygen atoms in total. The number of benzene rings is 1. The van der Waals surface area contributed by atoms with Crippen molar-refractivity contribution in [3.8, 4) is 5.88 Å². The van der Waals surface area contributed by atoms with E-state index >= 15 is 0 Å². The van der Waals surface area contributed by atoms with E-state index in [4.69, 9.17) is 15.2 Å². The Labute approximate surface area is 188 Å². The Morgan fingerprint density at radius 2 is 1.94 bits per heavy atom. The first kappa shape index (κ1) is 22.8. The summed E-state index contributed by atoms with van der Waals surface area (Å²) in [6.45, 7) is 4.56. The summed E-state index contributed by atoms with van der Waals surface area (Å²) in [6, 6.07) is 4.91. The maximum absolute atomic E-state index is 13.3. The molecular formula is C23H24F3N5O2. The number of anilines is 2. The minimum atomic E-state index is -4.49. The number of nitrogens with one attached hydrogen (secondary N) is 1. The van der Waals surface area contributed by atoms with E-state index in [9.17, 15) is 13.2 Å². The van der Waals surface area contributed by atoms with Crippen LogP contribution < -0.4 is 15.8 Å². The number of nitrogen functional groups attached to an aromatic ring is 1. The average molecular weight is 459 g/mol. The normalized spacial score (nSPS) is 15.3. The molecule has 3 N–H and O–H groups in total. The van der Waals surface area contributed by atoms with Gasteiger partial charge < -0.3 is 20.5 Å². The van der Waals surface area contributed by atoms with Crippen molar-refractivity contribution in [1.29, 1.82) is 0 Å². The molecule has 0 saturated carbocycles. The summed E-state index contributed by atoms with van der Waals surface area (Å²) in [7, 11) is 1.55. The first-order valence-electron chi connectivity index (χ1n) is 10.4. The Bertz CT molecular complexity index is 1230. The molecule has 0 radical (unpaired) electrons. The molecule has 0 aliphatic carbocycles. The van der Waals surface area contributed by atoms with Crippen molar-refractivity contribution < 1.29 is 22.6 Å². The Morgan fingerprint density at radius 1 is 1.15 bits per heavy atom. The molecule has 0 spiro atoms. The van der Waals surface area contributed by atoms with Gasteiger partial charge >= 0.3 is 6.18 Å². The standard InChI is InChI=1S/C23H24F3N5O2/c1-12(15-8-16(23(24,25)26)10-17(27)9-15)28-20-19-11-18(14-4-6-33-7-5-14)22(32-3)31-21(19)30-13(2)29-20/h4,8-12H,5-7,27H2,1-3H3,(H,28,29,30,31). The van der Waals surface area contributed by atoms with Crippen molar-refractivity contribution in [3.63, 3.8) is 0 Å². The molecule has 4 rings (SSSR count). The van der Waals surface area contributed by atoms with Crippen molar-refractivity contribution in [3.05, 3.63) is 52.9 Å². The van der Waals surface area contributed by atoms with E-state index in [1.54, 1.807) is 21.0 Å². The SMILES string of the molecule is COc1nc2nc(C)nc(NC(C)c3cc(N)cc(C(F)(F)F)c3)c2cc1C1=CCOCC1. The van der Waals surface area contributed by atoms with E-state index in [1.807, 2.05) is 12.1 Å². The number of aryl methyl sites for hydroxylation is 1. The van der Waals surface area contributed by atoms with Crippen LogP contribution in [-0.4, -0.2) is 35.3 Å². The molecule has 0 amide bonds. The molecule has 3 aromatic rings. The first-order valence-corrected chi connectivity index (χ1v) is 10.4. The highest BCUT2D eigenvalue weighted by Crippen LogP contribution is 2.36. The third kappa shape index (κ3) is 4.85. The van der Waals surface area contributed by atoms with E-state index in [0.717, 1.165) is 23.3 Å². The molecule has 0 fully saturated rings. The Balaban J connectivity index is 1.77. The van der Waals surface area contributed by atoms with Gasteiger partial charge in [0.15, 0.2) is 5.65 Å². The van der Waals surface area contributed by atoms with Gasteiger partial charge in [0.1, 0.15) is 11.6 Å². The molecular weight excluding hydrogens is 435 g/mol. The molecule has 33 heavy (non-hydrogen) atoms. The number of fused-ring (bicyclic) bond motifs is 1. The second-order valence-electron chi connectivity index (χ2n) is 7.84. The van der Waals surface area contributed by atoms with Crippen LogP contribution in [0.15, 0.2) is 30.3 Å². The number of methoxy groups -OCH3 is 1. The van der Waals surface area contributed by atoms with Crippen LogP contribution in [0.3, 0.4) is 0 Å². The average Bonchev–Trinajstić information content (AvgIpc) is 2.77. The summed E-state index contributed by atoms with van der Waals surface area (Å²) in [5, 5.41) is 3.85. The minimum absolute atomic E-state index is 0.0392. The number of rotatable bonds is 5. The Kier molecular flexibility index (Phi) is 6.11. The molecule has 0 bridgehead atoms. The maximum atomic E-state index is 13.3. The van der Waals surface area contributed by atoms with Crippen molar-refractivity contribution in [2.45, 2.75) is 32.5 Å². The minimum Gasteiger partial charge on any atom is -0.481 e. The lowest BCUT2D eigenvalue weighted by atomic mass is 10.0. The summed E-state index contributed by atoms with van der Waals surface area (Å²) in [6.07, 6.45) is -1.81. The van der Waals surface area contributed by atoms with Crippen LogP contribution >= 0.6 is 0 Å². The number of pyridine rings is 1. The summed E-state index contributed by atoms with van der Waals surface area (Å²) in [4.78, 5) is 13.5. The lowest BCUT2D eigenvalue weighted by Gasteiger charge is -2.20. The third-order valence-electron chi connectivity index (χ3n) is 5.42. The van der Waals surface area contributed by atoms with Gasteiger partial charge in [-0.2, -0.15) is 18.2 Å². The number of aromatic nitrogens is 3. The zero-order valence-electron chi connectivity index (χ0n) is 18.5. The van der Waals surface area contributed by atoms with Gasteiger partial charge in [0.25, 0.3) is 0 Å². The van der Waals surface area contributed by atoms with Gasteiger partial charge in [0.05, 0.1) is 37.3 Å². The number of hydrogen-bond donors (Lipinski definition) is 2. The quantitative estimate of drug-likeness (QED) is 0.523. The van der Waals surface area contributed by atoms with Crippen molar-refractivity contribution in [2.24, 2.45) is 0 Å². The van der Waals surface area contributed by atoms with E-state index in [1.165, 1.54) is 6.07 Å². The molecule has 174 valence electrons. The molecule has 1 atom stereocenters. The molecule has 1 unspecified atom stereocenters. The fourth-order valence-corrected chi connectivity index (χ4v) is 3.79. The summed E-state index contributed by atoms with van der Waals surface area (Å²) < 4.78 is 50.7. The fourth-order valence-electron chi connectivity index (χ4n) is 3.79. The lowest BCUT2D eigenvalue weighted by molar-refractivity contribution is -0.137. The molecule has 1 aliphatic rings. The number of nitrogens with zero attached hydrogens (tertiary/aromatic N) is 3. The van der Waals surface area contributed by atoms with E-state index < -0.39 is 17.8 Å². The number of ether oxygens (including phenoxy) is 2. The summed E-state index contributed by atoms with van der Waals surface area (Å²) in [5.41, 5.74) is 7.64. The van der Waals surface area contributed by atoms with Gasteiger partial charge in [-0.15, -0.1) is 0 Å². The van der Waals surface area contributed by atoms with Gasteiger partial charge in [0, 0.05) is 11.3 Å². The summed E-state index contributed by atoms with van der Waals surface area (Å²) >= 11 is 0. The fraction of sp³-hybridized carbons (Fsp3) is 0.348. The molecule has 10 heteroatoms. The Hall–Kier alpha value is -3.40. The highest BCUT2D eigenvalue weighted by molar-refractivity contribution is 5.91. The highest BCUT2D eigenvalue weighted by atomic mass is 19.4. The maximum Gasteiger partial charge on any atom is 0.416 e. The van der Waals surface area contributed by atoms with Crippen LogP contribution in [0.1, 0.15) is 41.9 Å². The van der Waals surface area contributed by atoms with Crippen molar-refractivity contribution in [1.82, 2.24) is 15.0 Å². The monoisotopic (exact) mass is 459 g/mol. The van der Waals surface area contributed by atoms with Gasteiger partial charge in [0.2, 0.25) is 5.88 Å². The number of nitrogens with two attached hydrogens (primary N) is 1. The molecule has 2 aromatic heterocycles. The van der Waals surface area contributed by atoms with Gasteiger partial charge in [-0.25, -0.2) is 9.97 Å². The Morgan fingerprint density at radius 3 is 2.61 bits per heavy atom. The summed E-state index contributed by atoms with van der Waals surface area (Å²) in [5.74, 6) is 1.37. The predicted octanol–water partition coefficient (Wildman–Crippen LogP) is 4.92. The zero-order chi connectivity index (χ0) is 23.8. The lowest BCUT2D eigenvalue weighted by Crippen LogP contribution is -2.13. The van der Waals surface area contributed by atoms with Crippen LogP contribution in [0.25, 0.3) is 16.6 Å². The predicted molar refractivity (Wildman–Crippen MR) is 120 cm³/mol. The number of hydrogen-bond acceptors (Lipinski definition) is 7. The van der Waals surface area contributed by atoms with Gasteiger partial charge in [-0.1, -0.05) is 6.08 Å². The van der Waals surface area contributed by atoms with E-state index in [-0.39, 0.29) is 5.69 Å². The first-order chi connectivity index (χ1) is 15.7. The van der Waals surface area contributed by atoms with Crippen LogP contribution in [0.5, 0.6) is 5.88 Å². The van der Waals surface area contributed by atoms with E-state index in [0.29, 0.717) is 53.8 Å². The molecule has 3 heterocycles. The van der Waals surface area contributed by atoms with Crippen molar-refractivity contribution in [2.75, 3.05) is 31.4 Å². The van der Waals surface area contributed by atoms with Gasteiger partial charge in [-0.05, 0) is 55.7 Å². The number of alkyl halides is 3. The second-order valence-corrected chi connectivity index (χ2v) is 7.84. The van der Waals surface area contributed by atoms with Gasteiger partial charge in [-0.3, -0.25) is 0 Å². The molecule has 1 aromatic carbocycles. The van der Waals surface area contributed by atoms with Crippen LogP contribution in [-0.2, 0) is 10.9 Å². The van der Waals surface area contributed by atoms with Crippen LogP contribution in [0, 0.1) is 6.92 Å².